The van der Waals surface area contributed by atoms with E-state index in [0.717, 1.165) is 32.1 Å². The summed E-state index contributed by atoms with van der Waals surface area (Å²) >= 11 is 0. The Balaban J connectivity index is 1.13. The predicted molar refractivity (Wildman–Crippen MR) is 228 cm³/mol. The lowest BCUT2D eigenvalue weighted by atomic mass is 9.33. The smallest absolute Gasteiger partial charge is 0.337 e. The second kappa shape index (κ2) is 18.4. The topological polar surface area (TPSA) is 326 Å². The highest BCUT2D eigenvalue weighted by molar-refractivity contribution is 5.79. The Morgan fingerprint density at radius 1 is 0.776 bits per heavy atom. The number of aliphatic hydroxyl groups excluding tert-OH is 7. The van der Waals surface area contributed by atoms with Crippen LogP contribution in [0.3, 0.4) is 0 Å². The van der Waals surface area contributed by atoms with E-state index in [4.69, 9.17) is 33.5 Å². The fraction of sp³-hybridized carbons (Fsp3) is 0.872. The number of aliphatic hydroxyl groups is 7. The molecule has 4 saturated carbocycles. The molecule has 2 aliphatic heterocycles. The Morgan fingerprint density at radius 2 is 1.45 bits per heavy atom. The first kappa shape index (κ1) is 52.0. The van der Waals surface area contributed by atoms with Crippen LogP contribution in [0.25, 0.3) is 0 Å². The normalized spacial score (nSPS) is 46.5. The van der Waals surface area contributed by atoms with Crippen LogP contribution in [0.2, 0.25) is 0 Å². The van der Waals surface area contributed by atoms with Gasteiger partial charge in [0.15, 0.2) is 18.7 Å². The summed E-state index contributed by atoms with van der Waals surface area (Å²) in [7, 11) is 0. The maximum absolute atomic E-state index is 14.7. The first-order valence-corrected chi connectivity index (χ1v) is 23.6. The van der Waals surface area contributed by atoms with Crippen LogP contribution < -0.4 is 0 Å². The Kier molecular flexibility index (Phi) is 14.3. The minimum absolute atomic E-state index is 0.0494. The highest BCUT2D eigenvalue weighted by Gasteiger charge is 2.70. The molecule has 20 nitrogen and oxygen atoms in total. The third kappa shape index (κ3) is 8.65. The molecule has 0 bridgehead atoms. The molecule has 0 aromatic rings. The Hall–Kier alpha value is -2.86. The number of rotatable bonds is 13. The van der Waals surface area contributed by atoms with E-state index in [-0.39, 0.29) is 39.4 Å². The number of carbonyl (C=O) groups excluding carboxylic acids is 1. The van der Waals surface area contributed by atoms with Gasteiger partial charge < -0.3 is 79.5 Å². The summed E-state index contributed by atoms with van der Waals surface area (Å²) in [5.41, 5.74) is -1.20. The number of aliphatic carboxylic acids is 3. The SMILES string of the molecule is CC1(C)CC[C@]2(C(=O)O[C@H]3O[C@H](CO)[C@@H](O)[C@H](O)[C@H]3O)CC[C@]3(C)C(=CCC4[C@@]5(C)CC[C@H](OC6OC(C(=O)O)C(O)C(OC(OCC(=O)O)C(O)C(=O)O)C6O)C(C)(C)C5CC[C@]43C)[C@@H]2C1. The molecule has 2 saturated heterocycles. The Bertz CT molecular complexity index is 1920. The van der Waals surface area contributed by atoms with Crippen molar-refractivity contribution in [2.75, 3.05) is 13.2 Å². The summed E-state index contributed by atoms with van der Waals surface area (Å²) in [6.07, 6.45) is -13.8. The van der Waals surface area contributed by atoms with Crippen LogP contribution in [-0.2, 0) is 47.6 Å². The molecule has 20 atom stereocenters. The number of allylic oxidation sites excluding steroid dienone is 2. The summed E-state index contributed by atoms with van der Waals surface area (Å²) < 4.78 is 34.2. The van der Waals surface area contributed by atoms with Gasteiger partial charge in [-0.1, -0.05) is 60.1 Å². The largest absolute Gasteiger partial charge is 0.480 e. The lowest BCUT2D eigenvalue weighted by molar-refractivity contribution is -0.345. The third-order valence-electron chi connectivity index (χ3n) is 18.3. The van der Waals surface area contributed by atoms with Crippen LogP contribution in [0.4, 0.5) is 0 Å². The summed E-state index contributed by atoms with van der Waals surface area (Å²) in [5, 5.41) is 103. The van der Waals surface area contributed by atoms with E-state index in [2.05, 4.69) is 54.5 Å². The summed E-state index contributed by atoms with van der Waals surface area (Å²) in [4.78, 5) is 49.9. The zero-order valence-electron chi connectivity index (χ0n) is 39.4. The molecular formula is C47H72O20. The van der Waals surface area contributed by atoms with E-state index in [1.165, 1.54) is 5.57 Å². The van der Waals surface area contributed by atoms with Crippen LogP contribution in [-0.4, -0.2) is 168 Å². The van der Waals surface area contributed by atoms with Crippen LogP contribution >= 0.6 is 0 Å². The first-order chi connectivity index (χ1) is 31.1. The fourth-order valence-corrected chi connectivity index (χ4v) is 14.3. The maximum atomic E-state index is 14.7. The van der Waals surface area contributed by atoms with Gasteiger partial charge in [0.05, 0.1) is 18.1 Å². The van der Waals surface area contributed by atoms with Crippen molar-refractivity contribution in [3.8, 4) is 0 Å². The second-order valence-corrected chi connectivity index (χ2v) is 22.7. The number of carboxylic acid groups (broad SMARTS) is 3. The van der Waals surface area contributed by atoms with Crippen molar-refractivity contribution < 1.29 is 98.7 Å². The minimum atomic E-state index is -2.48. The Morgan fingerprint density at radius 3 is 2.07 bits per heavy atom. The third-order valence-corrected chi connectivity index (χ3v) is 18.3. The molecule has 0 aromatic heterocycles. The minimum Gasteiger partial charge on any atom is -0.480 e. The van der Waals surface area contributed by atoms with Crippen molar-refractivity contribution in [3.05, 3.63) is 11.6 Å². The zero-order chi connectivity index (χ0) is 49.6. The van der Waals surface area contributed by atoms with E-state index in [1.54, 1.807) is 0 Å². The number of hydrogen-bond donors (Lipinski definition) is 10. The molecule has 0 radical (unpaired) electrons. The zero-order valence-corrected chi connectivity index (χ0v) is 39.4. The highest BCUT2D eigenvalue weighted by Crippen LogP contribution is 2.76. The molecule has 10 N–H and O–H groups in total. The molecule has 2 heterocycles. The monoisotopic (exact) mass is 956 g/mol. The van der Waals surface area contributed by atoms with Crippen molar-refractivity contribution in [2.24, 2.45) is 50.2 Å². The summed E-state index contributed by atoms with van der Waals surface area (Å²) in [6.45, 7) is 13.8. The summed E-state index contributed by atoms with van der Waals surface area (Å²) in [5.74, 6) is -5.54. The van der Waals surface area contributed by atoms with Crippen LogP contribution in [0, 0.1) is 50.2 Å². The van der Waals surface area contributed by atoms with Crippen LogP contribution in [0.15, 0.2) is 11.6 Å². The van der Waals surface area contributed by atoms with Crippen molar-refractivity contribution in [1.82, 2.24) is 0 Å². The Labute approximate surface area is 389 Å². The molecule has 0 spiro atoms. The summed E-state index contributed by atoms with van der Waals surface area (Å²) in [6, 6.07) is 0. The van der Waals surface area contributed by atoms with E-state index >= 15 is 0 Å². The van der Waals surface area contributed by atoms with Gasteiger partial charge in [-0.3, -0.25) is 4.79 Å². The molecule has 9 unspecified atom stereocenters. The molecule has 380 valence electrons. The van der Waals surface area contributed by atoms with Gasteiger partial charge in [0.25, 0.3) is 0 Å². The maximum Gasteiger partial charge on any atom is 0.337 e. The first-order valence-electron chi connectivity index (χ1n) is 23.6. The molecule has 0 amide bonds. The van der Waals surface area contributed by atoms with Crippen molar-refractivity contribution >= 4 is 23.9 Å². The lowest BCUT2D eigenvalue weighted by Crippen LogP contribution is -2.66. The molecule has 20 heteroatoms. The van der Waals surface area contributed by atoms with Crippen molar-refractivity contribution in [3.63, 3.8) is 0 Å². The van der Waals surface area contributed by atoms with Gasteiger partial charge in [0, 0.05) is 0 Å². The molecule has 0 aromatic carbocycles. The number of fused-ring (bicyclic) bond motifs is 7. The van der Waals surface area contributed by atoms with E-state index in [0.29, 0.717) is 32.1 Å². The van der Waals surface area contributed by atoms with Gasteiger partial charge in [-0.25, -0.2) is 14.4 Å². The molecule has 67 heavy (non-hydrogen) atoms. The van der Waals surface area contributed by atoms with E-state index in [1.807, 2.05) is 0 Å². The number of carbonyl (C=O) groups is 4. The molecule has 7 rings (SSSR count). The number of hydrogen-bond acceptors (Lipinski definition) is 17. The number of carboxylic acids is 3. The fourth-order valence-electron chi connectivity index (χ4n) is 14.3. The second-order valence-electron chi connectivity index (χ2n) is 22.7. The molecular weight excluding hydrogens is 884 g/mol. The highest BCUT2D eigenvalue weighted by atomic mass is 16.7. The van der Waals surface area contributed by atoms with Gasteiger partial charge in [-0.15, -0.1) is 0 Å². The average molecular weight is 957 g/mol. The van der Waals surface area contributed by atoms with Crippen molar-refractivity contribution in [2.45, 2.75) is 193 Å². The van der Waals surface area contributed by atoms with E-state index < -0.39 is 128 Å². The van der Waals surface area contributed by atoms with Gasteiger partial charge in [-0.2, -0.15) is 0 Å². The number of esters is 1. The van der Waals surface area contributed by atoms with Gasteiger partial charge in [0.2, 0.25) is 12.4 Å². The van der Waals surface area contributed by atoms with Gasteiger partial charge in [0.1, 0.15) is 49.3 Å². The standard InChI is InChI=1S/C47H72O20/c1-42(2)14-16-47(41(61)67-39-30(53)29(52)28(51)23(19-48)63-39)17-15-45(6)21(22(47)18-42)8-9-25-44(5)12-11-26(43(3,4)24(44)10-13-46(25,45)7)64-40-32(55)34(31(54)35(66-40)37(59)60)65-38(33(56)36(57)58)62-20-27(49)50/h8,22-26,28-35,38-40,48,51-56H,9-20H2,1-7H3,(H,49,50)(H,57,58)(H,59,60)/t22-,23+,24?,25?,26-,28+,29-,30+,31?,32?,33?,34?,35?,38?,39+,40?,44-,45+,46+,47-/m0/s1. The lowest BCUT2D eigenvalue weighted by Gasteiger charge is -2.71. The van der Waals surface area contributed by atoms with Crippen LogP contribution in [0.5, 0.6) is 0 Å². The van der Waals surface area contributed by atoms with Crippen molar-refractivity contribution in [1.29, 1.82) is 0 Å². The van der Waals surface area contributed by atoms with Gasteiger partial charge in [-0.05, 0) is 109 Å². The van der Waals surface area contributed by atoms with E-state index in [9.17, 15) is 65.1 Å². The number of ether oxygens (including phenoxy) is 6. The molecule has 6 fully saturated rings. The molecule has 5 aliphatic carbocycles. The average Bonchev–Trinajstić information content (AvgIpc) is 3.24. The van der Waals surface area contributed by atoms with Crippen LogP contribution in [0.1, 0.15) is 113 Å². The van der Waals surface area contributed by atoms with Gasteiger partial charge >= 0.3 is 23.9 Å². The molecule has 7 aliphatic rings. The quantitative estimate of drug-likeness (QED) is 0.0538. The predicted octanol–water partition coefficient (Wildman–Crippen LogP) is 1.31.